The van der Waals surface area contributed by atoms with Gasteiger partial charge in [-0.2, -0.15) is 0 Å². The van der Waals surface area contributed by atoms with Gasteiger partial charge in [0.1, 0.15) is 4.33 Å². The quantitative estimate of drug-likeness (QED) is 0.229. The van der Waals surface area contributed by atoms with E-state index in [2.05, 4.69) is 16.7 Å². The second kappa shape index (κ2) is 10.1. The van der Waals surface area contributed by atoms with Gasteiger partial charge in [-0.05, 0) is 72.0 Å². The van der Waals surface area contributed by atoms with Gasteiger partial charge in [-0.15, -0.1) is 23.2 Å². The minimum Gasteiger partial charge on any atom is -0.385 e. The minimum atomic E-state index is -1.30. The van der Waals surface area contributed by atoms with Gasteiger partial charge in [0, 0.05) is 45.9 Å². The zero-order chi connectivity index (χ0) is 25.6. The fourth-order valence-corrected chi connectivity index (χ4v) is 6.37. The summed E-state index contributed by atoms with van der Waals surface area (Å²) >= 11 is 31.5. The highest BCUT2D eigenvalue weighted by Crippen LogP contribution is 2.65. The molecule has 0 spiro atoms. The lowest BCUT2D eigenvalue weighted by Crippen LogP contribution is -2.17. The van der Waals surface area contributed by atoms with Gasteiger partial charge >= 0.3 is 0 Å². The molecule has 1 saturated carbocycles. The molecule has 0 saturated heterocycles. The summed E-state index contributed by atoms with van der Waals surface area (Å²) in [6, 6.07) is 15.8. The molecular weight excluding hydrogens is 562 g/mol. The van der Waals surface area contributed by atoms with Crippen molar-refractivity contribution in [2.24, 2.45) is 5.92 Å². The third-order valence-electron chi connectivity index (χ3n) is 6.59. The Morgan fingerprint density at radius 1 is 0.972 bits per heavy atom. The van der Waals surface area contributed by atoms with Crippen LogP contribution in [0.25, 0.3) is 0 Å². The molecule has 4 nitrogen and oxygen atoms in total. The van der Waals surface area contributed by atoms with Crippen LogP contribution in [0.15, 0.2) is 54.6 Å². The van der Waals surface area contributed by atoms with E-state index >= 15 is 0 Å². The Kier molecular flexibility index (Phi) is 7.19. The number of hydrogen-bond acceptors (Lipinski definition) is 3. The summed E-state index contributed by atoms with van der Waals surface area (Å²) in [6.45, 7) is 0.961. The van der Waals surface area contributed by atoms with Crippen LogP contribution in [-0.2, 0) is 17.6 Å². The number of halogens is 5. The Hall–Kier alpha value is -1.95. The van der Waals surface area contributed by atoms with Crippen LogP contribution in [-0.4, -0.2) is 22.6 Å². The summed E-state index contributed by atoms with van der Waals surface area (Å²) in [7, 11) is 0. The van der Waals surface area contributed by atoms with Crippen LogP contribution < -0.4 is 10.6 Å². The molecule has 1 aliphatic heterocycles. The van der Waals surface area contributed by atoms with Crippen molar-refractivity contribution in [3.8, 4) is 0 Å². The lowest BCUT2D eigenvalue weighted by atomic mass is 9.97. The average molecular weight is 583 g/mol. The van der Waals surface area contributed by atoms with Gasteiger partial charge in [0.05, 0.1) is 10.9 Å². The topological polar surface area (TPSA) is 58.2 Å². The van der Waals surface area contributed by atoms with E-state index in [0.29, 0.717) is 31.9 Å². The van der Waals surface area contributed by atoms with Crippen molar-refractivity contribution in [3.63, 3.8) is 0 Å². The molecule has 2 atom stereocenters. The van der Waals surface area contributed by atoms with Crippen LogP contribution in [0.4, 0.5) is 11.4 Å². The number of hydrogen-bond donors (Lipinski definition) is 2. The first-order valence-corrected chi connectivity index (χ1v) is 13.4. The number of carbonyl (C=O) groups excluding carboxylic acids is 2. The number of carbonyl (C=O) groups is 2. The molecule has 2 aliphatic rings. The van der Waals surface area contributed by atoms with Gasteiger partial charge in [0.15, 0.2) is 5.78 Å². The molecule has 36 heavy (non-hydrogen) atoms. The maximum absolute atomic E-state index is 13.1. The fourth-order valence-electron chi connectivity index (χ4n) is 4.78. The minimum absolute atomic E-state index is 0.137. The predicted octanol–water partition coefficient (Wildman–Crippen LogP) is 7.96. The van der Waals surface area contributed by atoms with Crippen molar-refractivity contribution >= 4 is 81.1 Å². The molecule has 3 aromatic carbocycles. The Morgan fingerprint density at radius 3 is 2.47 bits per heavy atom. The first kappa shape index (κ1) is 25.7. The maximum atomic E-state index is 13.1. The summed E-state index contributed by atoms with van der Waals surface area (Å²) in [5.41, 5.74) is 4.70. The Balaban J connectivity index is 1.31. The number of benzene rings is 3. The summed E-state index contributed by atoms with van der Waals surface area (Å²) in [4.78, 5) is 26.2. The lowest BCUT2D eigenvalue weighted by molar-refractivity contribution is -0.117. The maximum Gasteiger partial charge on any atom is 0.231 e. The van der Waals surface area contributed by atoms with Gasteiger partial charge in [-0.1, -0.05) is 46.9 Å². The number of ketones is 1. The van der Waals surface area contributed by atoms with Crippen molar-refractivity contribution < 1.29 is 9.59 Å². The van der Waals surface area contributed by atoms with Crippen LogP contribution in [0, 0.1) is 5.92 Å². The molecule has 1 fully saturated rings. The first-order chi connectivity index (χ1) is 17.1. The SMILES string of the molecule is O=C(Cc1ccc2c(c1)CCCN2)c1cc(NC(=O)C2C(c3cc(Cl)cc(Cl)c3)C2(Cl)Cl)ccc1Cl. The van der Waals surface area contributed by atoms with Crippen molar-refractivity contribution in [1.29, 1.82) is 0 Å². The van der Waals surface area contributed by atoms with Crippen LogP contribution >= 0.6 is 58.0 Å². The van der Waals surface area contributed by atoms with Crippen LogP contribution in [0.1, 0.15) is 39.4 Å². The zero-order valence-corrected chi connectivity index (χ0v) is 22.7. The number of amides is 1. The molecule has 0 radical (unpaired) electrons. The van der Waals surface area contributed by atoms with Crippen LogP contribution in [0.5, 0.6) is 0 Å². The highest BCUT2D eigenvalue weighted by atomic mass is 35.5. The second-order valence-electron chi connectivity index (χ2n) is 9.14. The number of aryl methyl sites for hydroxylation is 1. The molecule has 0 bridgehead atoms. The van der Waals surface area contributed by atoms with Crippen molar-refractivity contribution in [2.45, 2.75) is 29.5 Å². The monoisotopic (exact) mass is 580 g/mol. The molecule has 2 N–H and O–H groups in total. The van der Waals surface area contributed by atoms with Gasteiger partial charge in [0.2, 0.25) is 5.91 Å². The van der Waals surface area contributed by atoms with Crippen LogP contribution in [0.2, 0.25) is 15.1 Å². The second-order valence-corrected chi connectivity index (χ2v) is 11.9. The Bertz CT molecular complexity index is 1350. The number of alkyl halides is 2. The molecule has 9 heteroatoms. The van der Waals surface area contributed by atoms with E-state index in [9.17, 15) is 9.59 Å². The smallest absolute Gasteiger partial charge is 0.231 e. The molecule has 0 aromatic heterocycles. The highest BCUT2D eigenvalue weighted by Gasteiger charge is 2.67. The van der Waals surface area contributed by atoms with Gasteiger partial charge in [-0.25, -0.2) is 0 Å². The standard InChI is InChI=1S/C27H21Cl5N2O2/c28-17-10-16(11-18(29)12-17)24-25(27(24,31)32)26(36)34-19-4-5-21(30)20(13-19)23(35)9-14-3-6-22-15(8-14)2-1-7-33-22/h3-6,8,10-13,24-25,33H,1-2,7,9H2,(H,34,36). The van der Waals surface area contributed by atoms with Crippen LogP contribution in [0.3, 0.4) is 0 Å². The third kappa shape index (κ3) is 5.20. The Labute approximate surface area is 234 Å². The highest BCUT2D eigenvalue weighted by molar-refractivity contribution is 6.53. The van der Waals surface area contributed by atoms with E-state index in [4.69, 9.17) is 58.0 Å². The molecular formula is C27H21Cl5N2O2. The van der Waals surface area contributed by atoms with Gasteiger partial charge in [0.25, 0.3) is 0 Å². The zero-order valence-electron chi connectivity index (χ0n) is 18.9. The fraction of sp³-hybridized carbons (Fsp3) is 0.259. The predicted molar refractivity (Wildman–Crippen MR) is 148 cm³/mol. The van der Waals surface area contributed by atoms with E-state index in [0.717, 1.165) is 30.6 Å². The largest absolute Gasteiger partial charge is 0.385 e. The van der Waals surface area contributed by atoms with E-state index < -0.39 is 16.2 Å². The number of fused-ring (bicyclic) bond motifs is 1. The molecule has 1 aliphatic carbocycles. The molecule has 186 valence electrons. The van der Waals surface area contributed by atoms with E-state index in [-0.39, 0.29) is 18.1 Å². The summed E-state index contributed by atoms with van der Waals surface area (Å²) in [6.07, 6.45) is 2.26. The van der Waals surface area contributed by atoms with Crippen molar-refractivity contribution in [1.82, 2.24) is 0 Å². The summed E-state index contributed by atoms with van der Waals surface area (Å²) < 4.78 is -1.30. The van der Waals surface area contributed by atoms with E-state index in [1.807, 2.05) is 12.1 Å². The Morgan fingerprint density at radius 2 is 1.72 bits per heavy atom. The molecule has 3 aromatic rings. The lowest BCUT2D eigenvalue weighted by Gasteiger charge is -2.18. The van der Waals surface area contributed by atoms with Gasteiger partial charge in [-0.3, -0.25) is 9.59 Å². The third-order valence-corrected chi connectivity index (χ3v) is 8.29. The summed E-state index contributed by atoms with van der Waals surface area (Å²) in [5, 5.41) is 7.38. The molecule has 1 amide bonds. The molecule has 5 rings (SSSR count). The van der Waals surface area contributed by atoms with Crippen molar-refractivity contribution in [3.05, 3.63) is 91.9 Å². The summed E-state index contributed by atoms with van der Waals surface area (Å²) in [5.74, 6) is -1.69. The number of rotatable bonds is 6. The number of nitrogens with one attached hydrogen (secondary N) is 2. The molecule has 2 unspecified atom stereocenters. The first-order valence-electron chi connectivity index (χ1n) is 11.5. The van der Waals surface area contributed by atoms with Crippen molar-refractivity contribution in [2.75, 3.05) is 17.2 Å². The normalized spacial score (nSPS) is 19.7. The van der Waals surface area contributed by atoms with E-state index in [1.165, 1.54) is 5.56 Å². The number of Topliss-reactive ketones (excluding diaryl/α,β-unsaturated/α-hetero) is 1. The molecule has 1 heterocycles. The number of anilines is 2. The van der Waals surface area contributed by atoms with Gasteiger partial charge < -0.3 is 10.6 Å². The van der Waals surface area contributed by atoms with E-state index in [1.54, 1.807) is 36.4 Å². The average Bonchev–Trinajstić information content (AvgIpc) is 3.41.